The summed E-state index contributed by atoms with van der Waals surface area (Å²) in [5.41, 5.74) is 2.61. The van der Waals surface area contributed by atoms with E-state index in [1.807, 2.05) is 66.4 Å². The zero-order valence-corrected chi connectivity index (χ0v) is 13.0. The van der Waals surface area contributed by atoms with Crippen molar-refractivity contribution < 1.29 is 9.94 Å². The fourth-order valence-corrected chi connectivity index (χ4v) is 2.48. The van der Waals surface area contributed by atoms with E-state index in [9.17, 15) is 5.21 Å². The summed E-state index contributed by atoms with van der Waals surface area (Å²) in [7, 11) is 0. The Balaban J connectivity index is 1.85. The van der Waals surface area contributed by atoms with Crippen molar-refractivity contribution >= 4 is 5.84 Å². The van der Waals surface area contributed by atoms with Crippen molar-refractivity contribution in [3.05, 3.63) is 71.4 Å². The first-order chi connectivity index (χ1) is 11.3. The highest BCUT2D eigenvalue weighted by Crippen LogP contribution is 2.21. The quantitative estimate of drug-likeness (QED) is 0.310. The number of hydrogen-bond donors (Lipinski definition) is 1. The number of aryl methyl sites for hydroxylation is 1. The topological polar surface area (TPSA) is 58.0 Å². The van der Waals surface area contributed by atoms with E-state index < -0.39 is 0 Å². The van der Waals surface area contributed by atoms with Crippen LogP contribution in [0.3, 0.4) is 0 Å². The molecule has 5 nitrogen and oxygen atoms in total. The number of nitrogens with zero attached hydrogens (tertiary/aromatic N) is 3. The molecular formula is C18H19N3O2. The lowest BCUT2D eigenvalue weighted by Crippen LogP contribution is -2.30. The van der Waals surface area contributed by atoms with Crippen molar-refractivity contribution in [3.63, 3.8) is 0 Å². The number of ether oxygens (including phenoxy) is 1. The van der Waals surface area contributed by atoms with Gasteiger partial charge >= 0.3 is 0 Å². The Morgan fingerprint density at radius 1 is 1.17 bits per heavy atom. The van der Waals surface area contributed by atoms with E-state index in [1.165, 1.54) is 0 Å². The average Bonchev–Trinajstić information content (AvgIpc) is 3.10. The van der Waals surface area contributed by atoms with Crippen LogP contribution in [0.25, 0.3) is 0 Å². The van der Waals surface area contributed by atoms with Crippen LogP contribution in [-0.4, -0.2) is 34.0 Å². The van der Waals surface area contributed by atoms with Crippen LogP contribution in [0.1, 0.15) is 16.8 Å². The maximum absolute atomic E-state index is 9.45. The third-order valence-corrected chi connectivity index (χ3v) is 3.67. The summed E-state index contributed by atoms with van der Waals surface area (Å²) < 4.78 is 5.90. The molecule has 0 unspecified atom stereocenters. The molecule has 0 radical (unpaired) electrons. The molecule has 1 aliphatic rings. The molecule has 0 atom stereocenters. The highest BCUT2D eigenvalue weighted by Gasteiger charge is 2.20. The van der Waals surface area contributed by atoms with Crippen LogP contribution >= 0.6 is 0 Å². The summed E-state index contributed by atoms with van der Waals surface area (Å²) in [6.07, 6.45) is 4.08. The second kappa shape index (κ2) is 6.96. The highest BCUT2D eigenvalue weighted by atomic mass is 16.5. The zero-order valence-electron chi connectivity index (χ0n) is 13.0. The molecule has 3 rings (SSSR count). The van der Waals surface area contributed by atoms with E-state index in [0.717, 1.165) is 11.3 Å². The van der Waals surface area contributed by atoms with Crippen molar-refractivity contribution in [3.8, 4) is 5.88 Å². The molecule has 0 saturated carbocycles. The van der Waals surface area contributed by atoms with Gasteiger partial charge in [-0.25, -0.2) is 4.98 Å². The molecular weight excluding hydrogens is 290 g/mol. The van der Waals surface area contributed by atoms with E-state index in [-0.39, 0.29) is 0 Å². The number of benzene rings is 1. The van der Waals surface area contributed by atoms with Crippen LogP contribution in [0.5, 0.6) is 5.88 Å². The molecule has 0 amide bonds. The van der Waals surface area contributed by atoms with Gasteiger partial charge in [0.25, 0.3) is 0 Å². The Morgan fingerprint density at radius 3 is 2.61 bits per heavy atom. The Bertz CT molecular complexity index is 718. The average molecular weight is 309 g/mol. The second-order valence-corrected chi connectivity index (χ2v) is 5.38. The van der Waals surface area contributed by atoms with E-state index in [4.69, 9.17) is 4.74 Å². The lowest BCUT2D eigenvalue weighted by atomic mass is 10.2. The van der Waals surface area contributed by atoms with Crippen molar-refractivity contribution in [2.75, 3.05) is 13.1 Å². The minimum atomic E-state index is 0.418. The molecule has 0 spiro atoms. The molecule has 118 valence electrons. The first kappa shape index (κ1) is 15.1. The zero-order chi connectivity index (χ0) is 16.1. The van der Waals surface area contributed by atoms with Gasteiger partial charge in [-0.2, -0.15) is 0 Å². The Kier molecular flexibility index (Phi) is 4.57. The molecule has 1 aromatic heterocycles. The molecule has 5 heteroatoms. The standard InChI is InChI=1S/C18H19N3O2/c1-14-9-10-16(17(20-22)21-11-5-6-12-21)18(19-14)23-13-15-7-3-2-4-8-15/h2-10,22H,11-13H2,1H3/b20-17-. The lowest BCUT2D eigenvalue weighted by molar-refractivity contribution is 0.288. The van der Waals surface area contributed by atoms with Gasteiger partial charge in [-0.05, 0) is 24.6 Å². The van der Waals surface area contributed by atoms with Gasteiger partial charge in [0.05, 0.1) is 5.56 Å². The van der Waals surface area contributed by atoms with Crippen LogP contribution < -0.4 is 4.74 Å². The minimum absolute atomic E-state index is 0.418. The molecule has 1 N–H and O–H groups in total. The predicted octanol–water partition coefficient (Wildman–Crippen LogP) is 2.98. The van der Waals surface area contributed by atoms with Gasteiger partial charge in [0.1, 0.15) is 6.61 Å². The summed E-state index contributed by atoms with van der Waals surface area (Å²) in [6, 6.07) is 13.7. The molecule has 0 fully saturated rings. The third-order valence-electron chi connectivity index (χ3n) is 3.67. The fraction of sp³-hybridized carbons (Fsp3) is 0.222. The third kappa shape index (κ3) is 3.51. The van der Waals surface area contributed by atoms with Crippen molar-refractivity contribution in [1.29, 1.82) is 0 Å². The Hall–Kier alpha value is -2.82. The number of pyridine rings is 1. The number of hydrogen-bond acceptors (Lipinski definition) is 4. The van der Waals surface area contributed by atoms with Gasteiger partial charge in [-0.3, -0.25) is 0 Å². The number of aromatic nitrogens is 1. The second-order valence-electron chi connectivity index (χ2n) is 5.38. The van der Waals surface area contributed by atoms with Crippen molar-refractivity contribution in [2.45, 2.75) is 13.5 Å². The van der Waals surface area contributed by atoms with Crippen LogP contribution in [0, 0.1) is 6.92 Å². The summed E-state index contributed by atoms with van der Waals surface area (Å²) in [4.78, 5) is 6.43. The van der Waals surface area contributed by atoms with Crippen LogP contribution in [0.15, 0.2) is 59.8 Å². The molecule has 0 saturated heterocycles. The molecule has 1 aliphatic heterocycles. The predicted molar refractivity (Wildman–Crippen MR) is 88.8 cm³/mol. The molecule has 1 aromatic carbocycles. The van der Waals surface area contributed by atoms with E-state index in [0.29, 0.717) is 37.0 Å². The van der Waals surface area contributed by atoms with Crippen LogP contribution in [-0.2, 0) is 6.61 Å². The fourth-order valence-electron chi connectivity index (χ4n) is 2.48. The first-order valence-corrected chi connectivity index (χ1v) is 7.54. The van der Waals surface area contributed by atoms with Crippen LogP contribution in [0.4, 0.5) is 0 Å². The smallest absolute Gasteiger partial charge is 0.225 e. The van der Waals surface area contributed by atoms with Gasteiger partial charge in [-0.15, -0.1) is 0 Å². The maximum atomic E-state index is 9.45. The van der Waals surface area contributed by atoms with Gasteiger partial charge in [0, 0.05) is 18.8 Å². The molecule has 0 aliphatic carbocycles. The number of amidine groups is 1. The normalized spacial score (nSPS) is 14.3. The van der Waals surface area contributed by atoms with Crippen molar-refractivity contribution in [2.24, 2.45) is 5.16 Å². The highest BCUT2D eigenvalue weighted by molar-refractivity contribution is 6.00. The minimum Gasteiger partial charge on any atom is -0.472 e. The monoisotopic (exact) mass is 309 g/mol. The molecule has 2 heterocycles. The summed E-state index contributed by atoms with van der Waals surface area (Å²) in [5, 5.41) is 12.9. The largest absolute Gasteiger partial charge is 0.472 e. The SMILES string of the molecule is Cc1ccc(/C(=N/O)N2CC=CC2)c(OCc2ccccc2)n1. The van der Waals surface area contributed by atoms with Gasteiger partial charge in [-0.1, -0.05) is 47.6 Å². The molecule has 2 aromatic rings. The van der Waals surface area contributed by atoms with E-state index in [2.05, 4.69) is 10.1 Å². The lowest BCUT2D eigenvalue weighted by Gasteiger charge is -2.20. The van der Waals surface area contributed by atoms with E-state index in [1.54, 1.807) is 0 Å². The van der Waals surface area contributed by atoms with Crippen molar-refractivity contribution in [1.82, 2.24) is 9.88 Å². The summed E-state index contributed by atoms with van der Waals surface area (Å²) >= 11 is 0. The summed E-state index contributed by atoms with van der Waals surface area (Å²) in [6.45, 7) is 3.75. The number of rotatable bonds is 4. The Morgan fingerprint density at radius 2 is 1.91 bits per heavy atom. The summed E-state index contributed by atoms with van der Waals surface area (Å²) in [5.74, 6) is 0.958. The van der Waals surface area contributed by atoms with Gasteiger partial charge < -0.3 is 14.8 Å². The van der Waals surface area contributed by atoms with Gasteiger partial charge in [0.2, 0.25) is 5.88 Å². The first-order valence-electron chi connectivity index (χ1n) is 7.54. The van der Waals surface area contributed by atoms with Gasteiger partial charge in [0.15, 0.2) is 5.84 Å². The number of oxime groups is 1. The maximum Gasteiger partial charge on any atom is 0.225 e. The molecule has 23 heavy (non-hydrogen) atoms. The Labute approximate surface area is 135 Å². The van der Waals surface area contributed by atoms with Crippen LogP contribution in [0.2, 0.25) is 0 Å². The molecule has 0 bridgehead atoms. The van der Waals surface area contributed by atoms with E-state index >= 15 is 0 Å².